The Hall–Kier alpha value is -2.94. The van der Waals surface area contributed by atoms with E-state index in [9.17, 15) is 0 Å². The third kappa shape index (κ3) is 2.07. The SMILES string of the molecule is Cc1ccc(-c2cn[nH]n2)c(-c2cccc3ccccc23)c1. The van der Waals surface area contributed by atoms with E-state index in [4.69, 9.17) is 0 Å². The number of rotatable bonds is 2. The van der Waals surface area contributed by atoms with E-state index in [2.05, 4.69) is 83.0 Å². The molecule has 1 heterocycles. The highest BCUT2D eigenvalue weighted by atomic mass is 15.3. The van der Waals surface area contributed by atoms with Gasteiger partial charge in [-0.3, -0.25) is 0 Å². The highest BCUT2D eigenvalue weighted by molar-refractivity contribution is 6.00. The number of nitrogens with zero attached hydrogens (tertiary/aromatic N) is 2. The molecule has 0 amide bonds. The van der Waals surface area contributed by atoms with Crippen LogP contribution in [0.2, 0.25) is 0 Å². The van der Waals surface area contributed by atoms with Crippen LogP contribution < -0.4 is 0 Å². The third-order valence-corrected chi connectivity index (χ3v) is 3.95. The van der Waals surface area contributed by atoms with E-state index in [-0.39, 0.29) is 0 Å². The van der Waals surface area contributed by atoms with Gasteiger partial charge in [0.05, 0.1) is 6.20 Å². The van der Waals surface area contributed by atoms with Crippen molar-refractivity contribution in [3.63, 3.8) is 0 Å². The molecule has 4 rings (SSSR count). The molecule has 1 N–H and O–H groups in total. The van der Waals surface area contributed by atoms with Crippen molar-refractivity contribution in [3.8, 4) is 22.4 Å². The zero-order valence-electron chi connectivity index (χ0n) is 12.2. The van der Waals surface area contributed by atoms with Crippen molar-refractivity contribution in [1.29, 1.82) is 0 Å². The maximum Gasteiger partial charge on any atom is 0.113 e. The molecule has 0 atom stereocenters. The van der Waals surface area contributed by atoms with E-state index >= 15 is 0 Å². The van der Waals surface area contributed by atoms with Crippen LogP contribution in [0, 0.1) is 6.92 Å². The lowest BCUT2D eigenvalue weighted by atomic mass is 9.92. The van der Waals surface area contributed by atoms with E-state index in [0.717, 1.165) is 11.3 Å². The van der Waals surface area contributed by atoms with Crippen molar-refractivity contribution in [1.82, 2.24) is 15.4 Å². The van der Waals surface area contributed by atoms with Gasteiger partial charge in [-0.2, -0.15) is 15.4 Å². The lowest BCUT2D eigenvalue weighted by Crippen LogP contribution is -1.88. The Kier molecular flexibility index (Phi) is 2.97. The fourth-order valence-corrected chi connectivity index (χ4v) is 2.90. The van der Waals surface area contributed by atoms with Crippen molar-refractivity contribution in [2.45, 2.75) is 6.92 Å². The summed E-state index contributed by atoms with van der Waals surface area (Å²) in [6.07, 6.45) is 1.76. The molecule has 3 nitrogen and oxygen atoms in total. The monoisotopic (exact) mass is 285 g/mol. The van der Waals surface area contributed by atoms with Gasteiger partial charge in [0.2, 0.25) is 0 Å². The maximum atomic E-state index is 4.25. The summed E-state index contributed by atoms with van der Waals surface area (Å²) >= 11 is 0. The van der Waals surface area contributed by atoms with Gasteiger partial charge in [-0.15, -0.1) is 0 Å². The molecular formula is C19H15N3. The number of nitrogens with one attached hydrogen (secondary N) is 1. The molecule has 3 heteroatoms. The van der Waals surface area contributed by atoms with Crippen molar-refractivity contribution in [3.05, 3.63) is 72.4 Å². The lowest BCUT2D eigenvalue weighted by Gasteiger charge is -2.12. The van der Waals surface area contributed by atoms with Crippen LogP contribution >= 0.6 is 0 Å². The maximum absolute atomic E-state index is 4.25. The van der Waals surface area contributed by atoms with Crippen molar-refractivity contribution >= 4 is 10.8 Å². The molecule has 0 saturated carbocycles. The van der Waals surface area contributed by atoms with E-state index in [1.54, 1.807) is 6.20 Å². The summed E-state index contributed by atoms with van der Waals surface area (Å²) in [7, 11) is 0. The van der Waals surface area contributed by atoms with Crippen LogP contribution in [0.4, 0.5) is 0 Å². The molecule has 3 aromatic carbocycles. The first kappa shape index (κ1) is 12.8. The lowest BCUT2D eigenvalue weighted by molar-refractivity contribution is 0.942. The van der Waals surface area contributed by atoms with Gasteiger partial charge in [-0.1, -0.05) is 66.2 Å². The Bertz CT molecular complexity index is 935. The normalized spacial score (nSPS) is 11.0. The Labute approximate surface area is 128 Å². The molecule has 0 aliphatic rings. The molecule has 0 aliphatic heterocycles. The van der Waals surface area contributed by atoms with Crippen molar-refractivity contribution < 1.29 is 0 Å². The Morgan fingerprint density at radius 2 is 1.68 bits per heavy atom. The van der Waals surface area contributed by atoms with Crippen LogP contribution in [-0.2, 0) is 0 Å². The highest BCUT2D eigenvalue weighted by Crippen LogP contribution is 2.35. The molecule has 0 unspecified atom stereocenters. The van der Waals surface area contributed by atoms with Crippen molar-refractivity contribution in [2.24, 2.45) is 0 Å². The molecule has 106 valence electrons. The van der Waals surface area contributed by atoms with E-state index in [0.29, 0.717) is 0 Å². The first-order chi connectivity index (χ1) is 10.8. The molecule has 0 aliphatic carbocycles. The molecule has 1 aromatic heterocycles. The largest absolute Gasteiger partial charge is 0.197 e. The summed E-state index contributed by atoms with van der Waals surface area (Å²) in [5.41, 5.74) is 5.60. The summed E-state index contributed by atoms with van der Waals surface area (Å²) in [5.74, 6) is 0. The quantitative estimate of drug-likeness (QED) is 0.584. The predicted molar refractivity (Wildman–Crippen MR) is 89.5 cm³/mol. The van der Waals surface area contributed by atoms with E-state index in [1.165, 1.54) is 27.5 Å². The second kappa shape index (κ2) is 5.11. The number of hydrogen-bond acceptors (Lipinski definition) is 2. The fraction of sp³-hybridized carbons (Fsp3) is 0.0526. The number of fused-ring (bicyclic) bond motifs is 1. The zero-order valence-corrected chi connectivity index (χ0v) is 12.2. The Morgan fingerprint density at radius 1 is 0.818 bits per heavy atom. The summed E-state index contributed by atoms with van der Waals surface area (Å²) in [4.78, 5) is 0. The van der Waals surface area contributed by atoms with Crippen LogP contribution in [-0.4, -0.2) is 15.4 Å². The smallest absolute Gasteiger partial charge is 0.113 e. The number of hydrogen-bond donors (Lipinski definition) is 1. The third-order valence-electron chi connectivity index (χ3n) is 3.95. The summed E-state index contributed by atoms with van der Waals surface area (Å²) in [6, 6.07) is 21.3. The minimum Gasteiger partial charge on any atom is -0.197 e. The molecule has 0 bridgehead atoms. The fourth-order valence-electron chi connectivity index (χ4n) is 2.90. The number of aryl methyl sites for hydroxylation is 1. The Balaban J connectivity index is 2.04. The average molecular weight is 285 g/mol. The molecule has 4 aromatic rings. The second-order valence-electron chi connectivity index (χ2n) is 5.43. The minimum atomic E-state index is 0.864. The van der Waals surface area contributed by atoms with Crippen LogP contribution in [0.15, 0.2) is 66.9 Å². The summed E-state index contributed by atoms with van der Waals surface area (Å²) in [5, 5.41) is 13.4. The van der Waals surface area contributed by atoms with Crippen LogP contribution in [0.5, 0.6) is 0 Å². The molecule has 0 saturated heterocycles. The summed E-state index contributed by atoms with van der Waals surface area (Å²) < 4.78 is 0. The van der Waals surface area contributed by atoms with Crippen LogP contribution in [0.3, 0.4) is 0 Å². The first-order valence-electron chi connectivity index (χ1n) is 7.28. The van der Waals surface area contributed by atoms with Gasteiger partial charge < -0.3 is 0 Å². The van der Waals surface area contributed by atoms with Crippen molar-refractivity contribution in [2.75, 3.05) is 0 Å². The van der Waals surface area contributed by atoms with Gasteiger partial charge in [0.1, 0.15) is 5.69 Å². The van der Waals surface area contributed by atoms with Gasteiger partial charge in [0.15, 0.2) is 0 Å². The van der Waals surface area contributed by atoms with Crippen LogP contribution in [0.1, 0.15) is 5.56 Å². The number of benzene rings is 3. The number of aromatic nitrogens is 3. The second-order valence-corrected chi connectivity index (χ2v) is 5.43. The van der Waals surface area contributed by atoms with Gasteiger partial charge in [0, 0.05) is 5.56 Å². The number of H-pyrrole nitrogens is 1. The predicted octanol–water partition coefficient (Wildman–Crippen LogP) is 4.60. The molecule has 0 fully saturated rings. The Morgan fingerprint density at radius 3 is 2.55 bits per heavy atom. The number of aromatic amines is 1. The van der Waals surface area contributed by atoms with E-state index in [1.807, 2.05) is 0 Å². The van der Waals surface area contributed by atoms with E-state index < -0.39 is 0 Å². The van der Waals surface area contributed by atoms with Gasteiger partial charge in [-0.05, 0) is 28.8 Å². The standard InChI is InChI=1S/C19H15N3/c1-13-9-10-17(19-12-20-22-21-19)18(11-13)16-8-4-6-14-5-2-3-7-15(14)16/h2-12H,1H3,(H,20,21,22). The first-order valence-corrected chi connectivity index (χ1v) is 7.28. The highest BCUT2D eigenvalue weighted by Gasteiger charge is 2.12. The average Bonchev–Trinajstić information content (AvgIpc) is 3.08. The van der Waals surface area contributed by atoms with Crippen LogP contribution in [0.25, 0.3) is 33.2 Å². The molecule has 0 spiro atoms. The van der Waals surface area contributed by atoms with Gasteiger partial charge in [-0.25, -0.2) is 0 Å². The molecule has 0 radical (unpaired) electrons. The van der Waals surface area contributed by atoms with Gasteiger partial charge in [0.25, 0.3) is 0 Å². The topological polar surface area (TPSA) is 41.6 Å². The molecule has 22 heavy (non-hydrogen) atoms. The molecular weight excluding hydrogens is 270 g/mol. The zero-order chi connectivity index (χ0) is 14.9. The summed E-state index contributed by atoms with van der Waals surface area (Å²) in [6.45, 7) is 2.11. The van der Waals surface area contributed by atoms with Gasteiger partial charge >= 0.3 is 0 Å². The minimum absolute atomic E-state index is 0.864.